The monoisotopic (exact) mass is 121 g/mol. The summed E-state index contributed by atoms with van der Waals surface area (Å²) >= 11 is 0. The number of hydrogen-bond acceptors (Lipinski definition) is 3. The van der Waals surface area contributed by atoms with Crippen LogP contribution in [0.3, 0.4) is 0 Å². The van der Waals surface area contributed by atoms with Gasteiger partial charge in [-0.2, -0.15) is 5.10 Å². The van der Waals surface area contributed by atoms with Crippen LogP contribution in [-0.2, 0) is 0 Å². The highest BCUT2D eigenvalue weighted by molar-refractivity contribution is 5.71. The molecule has 0 saturated heterocycles. The standard InChI is InChI=1S/C6H7N3/c1-2-5-9-6-3-4-7-8-9/h1,3-4,6,8H,5H2. The molecule has 3 nitrogen and oxygen atoms in total. The first-order chi connectivity index (χ1) is 4.43. The lowest BCUT2D eigenvalue weighted by Crippen LogP contribution is -2.31. The summed E-state index contributed by atoms with van der Waals surface area (Å²) in [6, 6.07) is 0. The van der Waals surface area contributed by atoms with Gasteiger partial charge >= 0.3 is 0 Å². The topological polar surface area (TPSA) is 27.6 Å². The number of hydrazine groups is 1. The van der Waals surface area contributed by atoms with E-state index in [9.17, 15) is 0 Å². The van der Waals surface area contributed by atoms with E-state index in [0.29, 0.717) is 6.54 Å². The first kappa shape index (κ1) is 5.70. The third kappa shape index (κ3) is 1.50. The molecule has 0 unspecified atom stereocenters. The van der Waals surface area contributed by atoms with Crippen molar-refractivity contribution in [2.24, 2.45) is 5.10 Å². The molecule has 0 amide bonds. The molecule has 0 aliphatic carbocycles. The molecule has 0 aromatic heterocycles. The molecule has 1 heterocycles. The molecule has 46 valence electrons. The smallest absolute Gasteiger partial charge is 0.101 e. The van der Waals surface area contributed by atoms with Crippen molar-refractivity contribution in [1.82, 2.24) is 10.5 Å². The van der Waals surface area contributed by atoms with Crippen LogP contribution in [0.25, 0.3) is 0 Å². The van der Waals surface area contributed by atoms with Gasteiger partial charge in [0.25, 0.3) is 0 Å². The van der Waals surface area contributed by atoms with Gasteiger partial charge in [-0.25, -0.2) is 5.53 Å². The minimum Gasteiger partial charge on any atom is -0.267 e. The molecule has 0 saturated carbocycles. The molecule has 0 fully saturated rings. The molecule has 1 rings (SSSR count). The van der Waals surface area contributed by atoms with Gasteiger partial charge in [-0.1, -0.05) is 5.92 Å². The van der Waals surface area contributed by atoms with Crippen LogP contribution in [0.4, 0.5) is 0 Å². The van der Waals surface area contributed by atoms with Crippen molar-refractivity contribution >= 4 is 6.21 Å². The van der Waals surface area contributed by atoms with Gasteiger partial charge in [0.15, 0.2) is 0 Å². The summed E-state index contributed by atoms with van der Waals surface area (Å²) in [5.41, 5.74) is 2.69. The zero-order valence-electron chi connectivity index (χ0n) is 4.91. The van der Waals surface area contributed by atoms with Gasteiger partial charge in [0.1, 0.15) is 6.54 Å². The second kappa shape index (κ2) is 2.78. The number of nitrogens with one attached hydrogen (secondary N) is 1. The highest BCUT2D eigenvalue weighted by atomic mass is 15.6. The zero-order chi connectivity index (χ0) is 6.53. The zero-order valence-corrected chi connectivity index (χ0v) is 4.91. The maximum Gasteiger partial charge on any atom is 0.101 e. The Labute approximate surface area is 54.0 Å². The van der Waals surface area contributed by atoms with Crippen molar-refractivity contribution in [3.05, 3.63) is 12.3 Å². The van der Waals surface area contributed by atoms with Crippen LogP contribution < -0.4 is 5.53 Å². The van der Waals surface area contributed by atoms with Gasteiger partial charge in [0, 0.05) is 6.20 Å². The lowest BCUT2D eigenvalue weighted by atomic mass is 10.6. The number of terminal acetylenes is 1. The van der Waals surface area contributed by atoms with Crippen LogP contribution >= 0.6 is 0 Å². The maximum absolute atomic E-state index is 5.04. The molecule has 9 heavy (non-hydrogen) atoms. The Kier molecular flexibility index (Phi) is 1.76. The SMILES string of the molecule is C#CCN1C=CC=NN1. The van der Waals surface area contributed by atoms with E-state index in [1.807, 2.05) is 12.3 Å². The third-order valence-corrected chi connectivity index (χ3v) is 0.874. The Morgan fingerprint density at radius 1 is 1.78 bits per heavy atom. The first-order valence-corrected chi connectivity index (χ1v) is 2.59. The second-order valence-corrected chi connectivity index (χ2v) is 1.55. The summed E-state index contributed by atoms with van der Waals surface area (Å²) < 4.78 is 0. The van der Waals surface area contributed by atoms with Gasteiger partial charge < -0.3 is 0 Å². The van der Waals surface area contributed by atoms with Crippen molar-refractivity contribution in [2.75, 3.05) is 6.54 Å². The number of rotatable bonds is 1. The van der Waals surface area contributed by atoms with E-state index in [2.05, 4.69) is 16.6 Å². The van der Waals surface area contributed by atoms with Crippen molar-refractivity contribution in [3.8, 4) is 12.3 Å². The van der Waals surface area contributed by atoms with Gasteiger partial charge in [0.2, 0.25) is 0 Å². The van der Waals surface area contributed by atoms with Crippen LogP contribution in [0.1, 0.15) is 0 Å². The van der Waals surface area contributed by atoms with Crippen molar-refractivity contribution in [2.45, 2.75) is 0 Å². The Hall–Kier alpha value is -1.43. The van der Waals surface area contributed by atoms with Crippen LogP contribution in [0.15, 0.2) is 17.4 Å². The summed E-state index contributed by atoms with van der Waals surface area (Å²) in [7, 11) is 0. The average Bonchev–Trinajstić information content (AvgIpc) is 1.91. The molecule has 1 aliphatic rings. The van der Waals surface area contributed by atoms with Crippen LogP contribution in [0.5, 0.6) is 0 Å². The van der Waals surface area contributed by atoms with E-state index in [4.69, 9.17) is 6.42 Å². The molecule has 0 radical (unpaired) electrons. The van der Waals surface area contributed by atoms with Gasteiger partial charge in [-0.15, -0.1) is 6.42 Å². The highest BCUT2D eigenvalue weighted by Gasteiger charge is 1.92. The van der Waals surface area contributed by atoms with E-state index < -0.39 is 0 Å². The fraction of sp³-hybridized carbons (Fsp3) is 0.167. The van der Waals surface area contributed by atoms with E-state index >= 15 is 0 Å². The molecule has 3 heteroatoms. The summed E-state index contributed by atoms with van der Waals surface area (Å²) in [6.07, 6.45) is 10.3. The molecule has 1 N–H and O–H groups in total. The predicted octanol–water partition coefficient (Wildman–Crippen LogP) is -0.0607. The highest BCUT2D eigenvalue weighted by Crippen LogP contribution is 1.86. The maximum atomic E-state index is 5.04. The third-order valence-electron chi connectivity index (χ3n) is 0.874. The Morgan fingerprint density at radius 3 is 3.22 bits per heavy atom. The molecule has 0 spiro atoms. The van der Waals surface area contributed by atoms with Crippen molar-refractivity contribution in [1.29, 1.82) is 0 Å². The largest absolute Gasteiger partial charge is 0.267 e. The minimum atomic E-state index is 0.536. The van der Waals surface area contributed by atoms with E-state index in [-0.39, 0.29) is 0 Å². The predicted molar refractivity (Wildman–Crippen MR) is 36.3 cm³/mol. The lowest BCUT2D eigenvalue weighted by molar-refractivity contribution is 0.308. The molecular formula is C6H7N3. The summed E-state index contributed by atoms with van der Waals surface area (Å²) in [6.45, 7) is 0.536. The lowest BCUT2D eigenvalue weighted by Gasteiger charge is -2.17. The second-order valence-electron chi connectivity index (χ2n) is 1.55. The van der Waals surface area contributed by atoms with Crippen LogP contribution in [0.2, 0.25) is 0 Å². The number of hydrazone groups is 1. The first-order valence-electron chi connectivity index (χ1n) is 2.59. The number of hydrogen-bond donors (Lipinski definition) is 1. The normalized spacial score (nSPS) is 14.8. The molecule has 0 bridgehead atoms. The quantitative estimate of drug-likeness (QED) is 0.492. The number of nitrogens with zero attached hydrogens (tertiary/aromatic N) is 2. The molecule has 0 aromatic rings. The van der Waals surface area contributed by atoms with E-state index in [1.165, 1.54) is 0 Å². The molecule has 0 atom stereocenters. The average molecular weight is 121 g/mol. The summed E-state index contributed by atoms with van der Waals surface area (Å²) in [4.78, 5) is 0. The Bertz CT molecular complexity index is 175. The van der Waals surface area contributed by atoms with Gasteiger partial charge in [-0.05, 0) is 6.08 Å². The summed E-state index contributed by atoms with van der Waals surface area (Å²) in [5, 5.41) is 5.45. The summed E-state index contributed by atoms with van der Waals surface area (Å²) in [5.74, 6) is 2.48. The van der Waals surface area contributed by atoms with Crippen molar-refractivity contribution < 1.29 is 0 Å². The molecule has 1 aliphatic heterocycles. The molecular weight excluding hydrogens is 114 g/mol. The van der Waals surface area contributed by atoms with Crippen LogP contribution in [-0.4, -0.2) is 17.8 Å². The Balaban J connectivity index is 2.39. The van der Waals surface area contributed by atoms with Crippen LogP contribution in [0, 0.1) is 12.3 Å². The minimum absolute atomic E-state index is 0.536. The fourth-order valence-electron chi connectivity index (χ4n) is 0.513. The number of allylic oxidation sites excluding steroid dienone is 1. The van der Waals surface area contributed by atoms with E-state index in [0.717, 1.165) is 0 Å². The Morgan fingerprint density at radius 2 is 2.67 bits per heavy atom. The van der Waals surface area contributed by atoms with Gasteiger partial charge in [0.05, 0.1) is 6.21 Å². The fourth-order valence-corrected chi connectivity index (χ4v) is 0.513. The molecule has 0 aromatic carbocycles. The van der Waals surface area contributed by atoms with Crippen molar-refractivity contribution in [3.63, 3.8) is 0 Å². The van der Waals surface area contributed by atoms with E-state index in [1.54, 1.807) is 11.2 Å². The van der Waals surface area contributed by atoms with Gasteiger partial charge in [-0.3, -0.25) is 5.01 Å².